The quantitative estimate of drug-likeness (QED) is 0.490. The van der Waals surface area contributed by atoms with E-state index in [9.17, 15) is 4.79 Å². The van der Waals surface area contributed by atoms with Gasteiger partial charge in [-0.05, 0) is 49.4 Å². The molecule has 3 rings (SSSR count). The molecule has 1 fully saturated rings. The Morgan fingerprint density at radius 2 is 1.94 bits per heavy atom. The summed E-state index contributed by atoms with van der Waals surface area (Å²) in [6.45, 7) is 5.16. The number of aliphatic imine (C=N–C) groups is 1. The number of ether oxygens (including phenoxy) is 1. The van der Waals surface area contributed by atoms with Crippen LogP contribution in [0.3, 0.4) is 0 Å². The topological polar surface area (TPSA) is 66.0 Å². The van der Waals surface area contributed by atoms with Gasteiger partial charge < -0.3 is 20.3 Å². The molecule has 1 saturated heterocycles. The average Bonchev–Trinajstić information content (AvgIpc) is 2.83. The maximum absolute atomic E-state index is 12.2. The van der Waals surface area contributed by atoms with E-state index in [1.807, 2.05) is 24.3 Å². The van der Waals surface area contributed by atoms with Crippen LogP contribution in [0.4, 0.5) is 0 Å². The lowest BCUT2D eigenvalue weighted by molar-refractivity contribution is -0.0250. The molecule has 2 aromatic rings. The number of carbonyl (C=O) groups is 1. The first kappa shape index (κ1) is 23.8. The molecule has 172 valence electrons. The fourth-order valence-electron chi connectivity index (χ4n) is 4.04. The molecule has 1 aliphatic heterocycles. The van der Waals surface area contributed by atoms with Gasteiger partial charge in [0.1, 0.15) is 0 Å². The molecule has 0 bridgehead atoms. The fraction of sp³-hybridized carbons (Fsp3) is 0.462. The molecule has 2 aromatic carbocycles. The number of benzene rings is 2. The first-order valence-electron chi connectivity index (χ1n) is 11.6. The molecule has 2 atom stereocenters. The van der Waals surface area contributed by atoms with Gasteiger partial charge in [0.25, 0.3) is 5.91 Å². The van der Waals surface area contributed by atoms with Gasteiger partial charge in [-0.3, -0.25) is 9.79 Å². The molecular formula is C26H36N4O2. The van der Waals surface area contributed by atoms with Crippen LogP contribution in [-0.2, 0) is 11.2 Å². The standard InChI is InChI=1S/C26H36N4O2/c1-4-27-26(28-16-15-20-10-8-13-22(18-20)25(31)30(2)3)29-19-23-14-9-17-32-24(23)21-11-6-5-7-12-21/h5-8,10-13,18,23-24H,4,9,14-17,19H2,1-3H3,(H2,27,28,29). The number of rotatable bonds is 8. The molecule has 2 unspecified atom stereocenters. The van der Waals surface area contributed by atoms with E-state index >= 15 is 0 Å². The Labute approximate surface area is 192 Å². The van der Waals surface area contributed by atoms with Crippen LogP contribution in [0, 0.1) is 5.92 Å². The Balaban J connectivity index is 1.58. The first-order chi connectivity index (χ1) is 15.6. The molecule has 0 saturated carbocycles. The lowest BCUT2D eigenvalue weighted by atomic mass is 9.89. The molecule has 1 amide bonds. The molecule has 6 nitrogen and oxygen atoms in total. The second kappa shape index (κ2) is 12.2. The lowest BCUT2D eigenvalue weighted by Gasteiger charge is -2.31. The largest absolute Gasteiger partial charge is 0.373 e. The monoisotopic (exact) mass is 436 g/mol. The van der Waals surface area contributed by atoms with E-state index in [4.69, 9.17) is 9.73 Å². The third kappa shape index (κ3) is 6.82. The Kier molecular flexibility index (Phi) is 9.11. The number of amides is 1. The van der Waals surface area contributed by atoms with Crippen molar-refractivity contribution in [2.24, 2.45) is 10.9 Å². The molecule has 1 heterocycles. The minimum atomic E-state index is 0.0254. The summed E-state index contributed by atoms with van der Waals surface area (Å²) in [6, 6.07) is 18.3. The van der Waals surface area contributed by atoms with Crippen molar-refractivity contribution in [1.29, 1.82) is 0 Å². The van der Waals surface area contributed by atoms with E-state index in [1.54, 1.807) is 19.0 Å². The van der Waals surface area contributed by atoms with Crippen LogP contribution in [0.2, 0.25) is 0 Å². The highest BCUT2D eigenvalue weighted by molar-refractivity contribution is 5.94. The van der Waals surface area contributed by atoms with Crippen molar-refractivity contribution in [3.8, 4) is 0 Å². The van der Waals surface area contributed by atoms with Crippen molar-refractivity contribution in [3.63, 3.8) is 0 Å². The average molecular weight is 437 g/mol. The van der Waals surface area contributed by atoms with Gasteiger partial charge in [0.2, 0.25) is 0 Å². The Bertz CT molecular complexity index is 882. The number of hydrogen-bond donors (Lipinski definition) is 2. The molecule has 1 aliphatic rings. The SMILES string of the molecule is CCNC(=NCC1CCCOC1c1ccccc1)NCCc1cccc(C(=O)N(C)C)c1. The molecule has 6 heteroatoms. The van der Waals surface area contributed by atoms with Gasteiger partial charge in [-0.1, -0.05) is 42.5 Å². The van der Waals surface area contributed by atoms with Gasteiger partial charge in [-0.25, -0.2) is 0 Å². The van der Waals surface area contributed by atoms with Crippen molar-refractivity contribution >= 4 is 11.9 Å². The van der Waals surface area contributed by atoms with Gasteiger partial charge in [0.15, 0.2) is 5.96 Å². The van der Waals surface area contributed by atoms with E-state index in [1.165, 1.54) is 5.56 Å². The molecule has 32 heavy (non-hydrogen) atoms. The van der Waals surface area contributed by atoms with E-state index in [2.05, 4.69) is 47.9 Å². The highest BCUT2D eigenvalue weighted by Crippen LogP contribution is 2.33. The van der Waals surface area contributed by atoms with Crippen LogP contribution in [-0.4, -0.2) is 57.1 Å². The molecular weight excluding hydrogens is 400 g/mol. The zero-order valence-electron chi connectivity index (χ0n) is 19.5. The van der Waals surface area contributed by atoms with Crippen LogP contribution in [0.5, 0.6) is 0 Å². The smallest absolute Gasteiger partial charge is 0.253 e. The summed E-state index contributed by atoms with van der Waals surface area (Å²) in [5.74, 6) is 1.22. The zero-order chi connectivity index (χ0) is 22.8. The Morgan fingerprint density at radius 1 is 1.12 bits per heavy atom. The van der Waals surface area contributed by atoms with Crippen molar-refractivity contribution in [2.75, 3.05) is 40.3 Å². The third-order valence-electron chi connectivity index (χ3n) is 5.69. The molecule has 0 aliphatic carbocycles. The summed E-state index contributed by atoms with van der Waals surface area (Å²) in [5.41, 5.74) is 3.08. The van der Waals surface area contributed by atoms with Crippen molar-refractivity contribution in [3.05, 3.63) is 71.3 Å². The fourth-order valence-corrected chi connectivity index (χ4v) is 4.04. The molecule has 2 N–H and O–H groups in total. The van der Waals surface area contributed by atoms with Crippen molar-refractivity contribution in [1.82, 2.24) is 15.5 Å². The number of nitrogens with zero attached hydrogens (tertiary/aromatic N) is 2. The van der Waals surface area contributed by atoms with Gasteiger partial charge in [-0.15, -0.1) is 0 Å². The number of nitrogens with one attached hydrogen (secondary N) is 2. The van der Waals surface area contributed by atoms with Crippen molar-refractivity contribution in [2.45, 2.75) is 32.3 Å². The van der Waals surface area contributed by atoms with Crippen LogP contribution in [0.15, 0.2) is 59.6 Å². The second-order valence-corrected chi connectivity index (χ2v) is 8.40. The Hall–Kier alpha value is -2.86. The van der Waals surface area contributed by atoms with Gasteiger partial charge in [-0.2, -0.15) is 0 Å². The van der Waals surface area contributed by atoms with E-state index < -0.39 is 0 Å². The summed E-state index contributed by atoms with van der Waals surface area (Å²) in [5, 5.41) is 6.78. The second-order valence-electron chi connectivity index (χ2n) is 8.40. The van der Waals surface area contributed by atoms with Crippen LogP contribution in [0.1, 0.15) is 47.4 Å². The van der Waals surface area contributed by atoms with Gasteiger partial charge >= 0.3 is 0 Å². The van der Waals surface area contributed by atoms with E-state index in [0.717, 1.165) is 62.6 Å². The summed E-state index contributed by atoms with van der Waals surface area (Å²) >= 11 is 0. The predicted molar refractivity (Wildman–Crippen MR) is 130 cm³/mol. The van der Waals surface area contributed by atoms with Crippen molar-refractivity contribution < 1.29 is 9.53 Å². The minimum absolute atomic E-state index is 0.0254. The van der Waals surface area contributed by atoms with E-state index in [0.29, 0.717) is 5.92 Å². The first-order valence-corrected chi connectivity index (χ1v) is 11.6. The molecule has 0 spiro atoms. The normalized spacial score (nSPS) is 18.8. The lowest BCUT2D eigenvalue weighted by Crippen LogP contribution is -2.39. The number of carbonyl (C=O) groups excluding carboxylic acids is 1. The summed E-state index contributed by atoms with van der Waals surface area (Å²) in [4.78, 5) is 18.7. The summed E-state index contributed by atoms with van der Waals surface area (Å²) in [6.07, 6.45) is 3.12. The highest BCUT2D eigenvalue weighted by Gasteiger charge is 2.27. The summed E-state index contributed by atoms with van der Waals surface area (Å²) < 4.78 is 6.11. The molecule has 0 aromatic heterocycles. The van der Waals surface area contributed by atoms with Gasteiger partial charge in [0, 0.05) is 51.8 Å². The third-order valence-corrected chi connectivity index (χ3v) is 5.69. The Morgan fingerprint density at radius 3 is 2.69 bits per heavy atom. The molecule has 0 radical (unpaired) electrons. The minimum Gasteiger partial charge on any atom is -0.373 e. The van der Waals surface area contributed by atoms with Crippen LogP contribution >= 0.6 is 0 Å². The maximum atomic E-state index is 12.2. The van der Waals surface area contributed by atoms with Crippen LogP contribution in [0.25, 0.3) is 0 Å². The number of guanidine groups is 1. The highest BCUT2D eigenvalue weighted by atomic mass is 16.5. The summed E-state index contributed by atoms with van der Waals surface area (Å²) in [7, 11) is 3.55. The van der Waals surface area contributed by atoms with Crippen LogP contribution < -0.4 is 10.6 Å². The number of hydrogen-bond acceptors (Lipinski definition) is 3. The maximum Gasteiger partial charge on any atom is 0.253 e. The van der Waals surface area contributed by atoms with E-state index in [-0.39, 0.29) is 12.0 Å². The predicted octanol–water partition coefficient (Wildman–Crippen LogP) is 3.65. The zero-order valence-corrected chi connectivity index (χ0v) is 19.5. The van der Waals surface area contributed by atoms with Gasteiger partial charge in [0.05, 0.1) is 6.10 Å².